The van der Waals surface area contributed by atoms with Crippen LogP contribution in [0, 0.1) is 22.7 Å². The SMILES string of the molecule is C=C1CC[C@H]2C(C)(C)CCC[C@]2(C)[C@H]1CCC(C)OC=O. The van der Waals surface area contributed by atoms with Gasteiger partial charge in [0, 0.05) is 0 Å². The van der Waals surface area contributed by atoms with Crippen molar-refractivity contribution in [3.8, 4) is 0 Å². The number of ether oxygens (including phenoxy) is 1. The lowest BCUT2D eigenvalue weighted by Crippen LogP contribution is -2.49. The molecule has 0 aliphatic heterocycles. The fourth-order valence-electron chi connectivity index (χ4n) is 5.37. The maximum absolute atomic E-state index is 10.5. The van der Waals surface area contributed by atoms with Gasteiger partial charge < -0.3 is 4.74 Å². The Hall–Kier alpha value is -0.790. The van der Waals surface area contributed by atoms with Crippen LogP contribution in [0.25, 0.3) is 0 Å². The minimum atomic E-state index is 0.0240. The summed E-state index contributed by atoms with van der Waals surface area (Å²) in [5, 5.41) is 0. The molecular formula is C19H32O2. The first-order chi connectivity index (χ1) is 9.81. The van der Waals surface area contributed by atoms with Gasteiger partial charge in [0.05, 0.1) is 6.10 Å². The van der Waals surface area contributed by atoms with Crippen molar-refractivity contribution < 1.29 is 9.53 Å². The Balaban J connectivity index is 2.13. The van der Waals surface area contributed by atoms with Crippen LogP contribution in [0.3, 0.4) is 0 Å². The second kappa shape index (κ2) is 6.14. The molecule has 0 aromatic rings. The minimum absolute atomic E-state index is 0.0240. The molecule has 2 rings (SSSR count). The molecular weight excluding hydrogens is 260 g/mol. The van der Waals surface area contributed by atoms with E-state index in [0.717, 1.165) is 18.8 Å². The molecule has 0 heterocycles. The zero-order valence-electron chi connectivity index (χ0n) is 14.3. The van der Waals surface area contributed by atoms with Gasteiger partial charge in [0.1, 0.15) is 0 Å². The third kappa shape index (κ3) is 3.19. The first kappa shape index (κ1) is 16.6. The monoisotopic (exact) mass is 292 g/mol. The van der Waals surface area contributed by atoms with Crippen molar-refractivity contribution in [2.45, 2.75) is 78.7 Å². The molecule has 0 bridgehead atoms. The van der Waals surface area contributed by atoms with Crippen LogP contribution in [-0.2, 0) is 9.53 Å². The quantitative estimate of drug-likeness (QED) is 0.519. The average molecular weight is 292 g/mol. The fourth-order valence-corrected chi connectivity index (χ4v) is 5.37. The van der Waals surface area contributed by atoms with Crippen molar-refractivity contribution in [2.75, 3.05) is 0 Å². The molecule has 120 valence electrons. The van der Waals surface area contributed by atoms with E-state index in [1.54, 1.807) is 0 Å². The van der Waals surface area contributed by atoms with E-state index in [0.29, 0.717) is 23.2 Å². The second-order valence-electron chi connectivity index (χ2n) is 8.27. The summed E-state index contributed by atoms with van der Waals surface area (Å²) in [7, 11) is 0. The van der Waals surface area contributed by atoms with Gasteiger partial charge in [0.15, 0.2) is 0 Å². The number of allylic oxidation sites excluding steroid dienone is 1. The number of carbonyl (C=O) groups is 1. The summed E-state index contributed by atoms with van der Waals surface area (Å²) in [4.78, 5) is 10.5. The van der Waals surface area contributed by atoms with Gasteiger partial charge in [0.25, 0.3) is 6.47 Å². The van der Waals surface area contributed by atoms with Gasteiger partial charge in [-0.1, -0.05) is 39.3 Å². The Bertz CT molecular complexity index is 398. The average Bonchev–Trinajstić information content (AvgIpc) is 2.37. The van der Waals surface area contributed by atoms with Crippen molar-refractivity contribution in [1.29, 1.82) is 0 Å². The molecule has 0 aromatic carbocycles. The van der Waals surface area contributed by atoms with Crippen LogP contribution in [-0.4, -0.2) is 12.6 Å². The summed E-state index contributed by atoms with van der Waals surface area (Å²) in [5.74, 6) is 1.39. The molecule has 0 radical (unpaired) electrons. The molecule has 2 nitrogen and oxygen atoms in total. The highest BCUT2D eigenvalue weighted by Gasteiger charge is 2.52. The molecule has 0 spiro atoms. The molecule has 2 aliphatic carbocycles. The molecule has 2 heteroatoms. The molecule has 0 amide bonds. The van der Waals surface area contributed by atoms with Gasteiger partial charge in [-0.25, -0.2) is 0 Å². The summed E-state index contributed by atoms with van der Waals surface area (Å²) in [6, 6.07) is 0. The summed E-state index contributed by atoms with van der Waals surface area (Å²) in [6.45, 7) is 14.4. The normalized spacial score (nSPS) is 36.7. The van der Waals surface area contributed by atoms with E-state index in [9.17, 15) is 4.79 Å². The Labute approximate surface area is 130 Å². The van der Waals surface area contributed by atoms with Gasteiger partial charge in [0.2, 0.25) is 0 Å². The highest BCUT2D eigenvalue weighted by atomic mass is 16.5. The molecule has 2 aliphatic rings. The highest BCUT2D eigenvalue weighted by Crippen LogP contribution is 2.61. The summed E-state index contributed by atoms with van der Waals surface area (Å²) in [5.41, 5.74) is 2.28. The smallest absolute Gasteiger partial charge is 0.293 e. The Morgan fingerprint density at radius 1 is 1.38 bits per heavy atom. The van der Waals surface area contributed by atoms with Gasteiger partial charge >= 0.3 is 0 Å². The molecule has 4 atom stereocenters. The zero-order chi connectivity index (χ0) is 15.7. The molecule has 0 N–H and O–H groups in total. The Morgan fingerprint density at radius 3 is 2.76 bits per heavy atom. The summed E-state index contributed by atoms with van der Waals surface area (Å²) >= 11 is 0. The van der Waals surface area contributed by atoms with E-state index in [1.807, 2.05) is 6.92 Å². The molecule has 2 fully saturated rings. The fraction of sp³-hybridized carbons (Fsp3) is 0.842. The van der Waals surface area contributed by atoms with Crippen molar-refractivity contribution in [2.24, 2.45) is 22.7 Å². The van der Waals surface area contributed by atoms with Crippen LogP contribution < -0.4 is 0 Å². The maximum atomic E-state index is 10.5. The number of carbonyl (C=O) groups excluding carboxylic acids is 1. The number of hydrogen-bond donors (Lipinski definition) is 0. The third-order valence-electron chi connectivity index (χ3n) is 6.47. The standard InChI is InChI=1S/C19H32O2/c1-14-7-10-17-18(3,4)11-6-12-19(17,5)16(14)9-8-15(2)21-13-20/h13,15-17H,1,6-12H2,2-5H3/t15?,16-,17-,19+/m0/s1. The second-order valence-corrected chi connectivity index (χ2v) is 8.27. The van der Waals surface area contributed by atoms with Crippen LogP contribution >= 0.6 is 0 Å². The largest absolute Gasteiger partial charge is 0.465 e. The van der Waals surface area contributed by atoms with Crippen LogP contribution in [0.15, 0.2) is 12.2 Å². The van der Waals surface area contributed by atoms with E-state index in [1.165, 1.54) is 37.7 Å². The summed E-state index contributed by atoms with van der Waals surface area (Å²) < 4.78 is 5.07. The van der Waals surface area contributed by atoms with E-state index < -0.39 is 0 Å². The van der Waals surface area contributed by atoms with Gasteiger partial charge in [-0.05, 0) is 68.1 Å². The molecule has 0 aromatic heterocycles. The van der Waals surface area contributed by atoms with Crippen molar-refractivity contribution in [3.63, 3.8) is 0 Å². The van der Waals surface area contributed by atoms with Crippen LogP contribution in [0.4, 0.5) is 0 Å². The first-order valence-corrected chi connectivity index (χ1v) is 8.58. The number of fused-ring (bicyclic) bond motifs is 1. The third-order valence-corrected chi connectivity index (χ3v) is 6.47. The van der Waals surface area contributed by atoms with Crippen molar-refractivity contribution in [3.05, 3.63) is 12.2 Å². The molecule has 21 heavy (non-hydrogen) atoms. The van der Waals surface area contributed by atoms with E-state index in [-0.39, 0.29) is 6.10 Å². The number of rotatable bonds is 5. The Morgan fingerprint density at radius 2 is 2.10 bits per heavy atom. The minimum Gasteiger partial charge on any atom is -0.465 e. The van der Waals surface area contributed by atoms with Crippen LogP contribution in [0.5, 0.6) is 0 Å². The van der Waals surface area contributed by atoms with E-state index >= 15 is 0 Å². The van der Waals surface area contributed by atoms with Crippen LogP contribution in [0.1, 0.15) is 72.6 Å². The predicted molar refractivity (Wildman–Crippen MR) is 86.9 cm³/mol. The molecule has 2 saturated carbocycles. The van der Waals surface area contributed by atoms with Crippen molar-refractivity contribution in [1.82, 2.24) is 0 Å². The lowest BCUT2D eigenvalue weighted by Gasteiger charge is -2.58. The zero-order valence-corrected chi connectivity index (χ0v) is 14.3. The summed E-state index contributed by atoms with van der Waals surface area (Å²) in [6.07, 6.45) is 8.59. The Kier molecular flexibility index (Phi) is 4.85. The van der Waals surface area contributed by atoms with Gasteiger partial charge in [-0.15, -0.1) is 0 Å². The van der Waals surface area contributed by atoms with E-state index in [2.05, 4.69) is 27.4 Å². The molecule has 1 unspecified atom stereocenters. The molecule has 0 saturated heterocycles. The van der Waals surface area contributed by atoms with Gasteiger partial charge in [-0.2, -0.15) is 0 Å². The van der Waals surface area contributed by atoms with Gasteiger partial charge in [-0.3, -0.25) is 4.79 Å². The first-order valence-electron chi connectivity index (χ1n) is 8.58. The topological polar surface area (TPSA) is 26.3 Å². The lowest BCUT2D eigenvalue weighted by molar-refractivity contribution is -0.133. The predicted octanol–water partition coefficient (Wildman–Crippen LogP) is 5.13. The highest BCUT2D eigenvalue weighted by molar-refractivity contribution is 5.37. The lowest BCUT2D eigenvalue weighted by atomic mass is 9.47. The maximum Gasteiger partial charge on any atom is 0.293 e. The van der Waals surface area contributed by atoms with E-state index in [4.69, 9.17) is 4.74 Å². The van der Waals surface area contributed by atoms with Crippen LogP contribution in [0.2, 0.25) is 0 Å². The van der Waals surface area contributed by atoms with Crippen molar-refractivity contribution >= 4 is 6.47 Å². The number of hydrogen-bond acceptors (Lipinski definition) is 2.